The van der Waals surface area contributed by atoms with Crippen LogP contribution >= 0.6 is 0 Å². The first-order valence-electron chi connectivity index (χ1n) is 6.78. The molecule has 0 atom stereocenters. The highest BCUT2D eigenvalue weighted by atomic mass is 16.5. The van der Waals surface area contributed by atoms with Crippen LogP contribution in [-0.2, 0) is 19.1 Å². The van der Waals surface area contributed by atoms with Crippen LogP contribution in [0.3, 0.4) is 0 Å². The van der Waals surface area contributed by atoms with Gasteiger partial charge in [-0.15, -0.1) is 0 Å². The van der Waals surface area contributed by atoms with E-state index >= 15 is 0 Å². The van der Waals surface area contributed by atoms with E-state index in [0.29, 0.717) is 25.8 Å². The number of ether oxygens (including phenoxy) is 1. The number of hydrogen-bond acceptors (Lipinski definition) is 5. The largest absolute Gasteiger partial charge is 0.481 e. The lowest BCUT2D eigenvalue weighted by Gasteiger charge is -2.20. The molecule has 0 saturated heterocycles. The van der Waals surface area contributed by atoms with E-state index in [0.717, 1.165) is 0 Å². The molecule has 0 saturated carbocycles. The summed E-state index contributed by atoms with van der Waals surface area (Å²) in [5.74, 6) is -1.97. The third-order valence-electron chi connectivity index (χ3n) is 2.62. The number of unbranched alkanes of at least 4 members (excludes halogenated alkanes) is 1. The topological polar surface area (TPSA) is 113 Å². The van der Waals surface area contributed by atoms with Crippen molar-refractivity contribution < 1.29 is 29.0 Å². The molecule has 0 unspecified atom stereocenters. The van der Waals surface area contributed by atoms with Gasteiger partial charge in [-0.3, -0.25) is 19.7 Å². The van der Waals surface area contributed by atoms with Crippen molar-refractivity contribution >= 4 is 23.9 Å². The first kappa shape index (κ1) is 18.9. The number of amides is 3. The second kappa shape index (κ2) is 10.6. The summed E-state index contributed by atoms with van der Waals surface area (Å²) in [6, 6.07) is -0.648. The molecule has 120 valence electrons. The Bertz CT molecular complexity index is 383. The van der Waals surface area contributed by atoms with Crippen molar-refractivity contribution in [2.24, 2.45) is 0 Å². The Morgan fingerprint density at radius 3 is 2.29 bits per heavy atom. The normalized spacial score (nSPS) is 9.81. The molecule has 0 aliphatic heterocycles. The Hall–Kier alpha value is -2.12. The molecule has 0 bridgehead atoms. The number of carboxylic acid groups (broad SMARTS) is 1. The fourth-order valence-electron chi connectivity index (χ4n) is 1.57. The number of nitrogens with zero attached hydrogens (tertiary/aromatic N) is 1. The fraction of sp³-hybridized carbons (Fsp3) is 0.692. The number of urea groups is 1. The third kappa shape index (κ3) is 9.42. The van der Waals surface area contributed by atoms with Gasteiger partial charge in [0.15, 0.2) is 0 Å². The van der Waals surface area contributed by atoms with Crippen LogP contribution in [0, 0.1) is 0 Å². The maximum atomic E-state index is 11.8. The van der Waals surface area contributed by atoms with Crippen LogP contribution < -0.4 is 5.32 Å². The van der Waals surface area contributed by atoms with Crippen molar-refractivity contribution in [2.45, 2.75) is 39.0 Å². The number of carbonyl (C=O) groups is 4. The molecule has 8 nitrogen and oxygen atoms in total. The number of nitrogens with one attached hydrogen (secondary N) is 1. The number of hydrogen-bond donors (Lipinski definition) is 2. The van der Waals surface area contributed by atoms with Crippen LogP contribution in [0.2, 0.25) is 0 Å². The molecule has 0 rings (SSSR count). The highest BCUT2D eigenvalue weighted by molar-refractivity contribution is 5.95. The molecule has 0 spiro atoms. The molecular formula is C13H22N2O6. The lowest BCUT2D eigenvalue weighted by molar-refractivity contribution is -0.141. The molecule has 2 N–H and O–H groups in total. The third-order valence-corrected chi connectivity index (χ3v) is 2.62. The van der Waals surface area contributed by atoms with E-state index in [1.165, 1.54) is 12.0 Å². The summed E-state index contributed by atoms with van der Waals surface area (Å²) in [6.07, 6.45) is 1.45. The van der Waals surface area contributed by atoms with Crippen molar-refractivity contribution in [3.63, 3.8) is 0 Å². The zero-order chi connectivity index (χ0) is 16.3. The van der Waals surface area contributed by atoms with E-state index in [4.69, 9.17) is 5.11 Å². The predicted octanol–water partition coefficient (Wildman–Crippen LogP) is 0.753. The van der Waals surface area contributed by atoms with Crippen molar-refractivity contribution in [3.8, 4) is 0 Å². The molecule has 0 radical (unpaired) electrons. The molecule has 0 aromatic heterocycles. The Kier molecular flexibility index (Phi) is 9.57. The summed E-state index contributed by atoms with van der Waals surface area (Å²) < 4.78 is 4.48. The summed E-state index contributed by atoms with van der Waals surface area (Å²) in [5.41, 5.74) is 0. The summed E-state index contributed by atoms with van der Waals surface area (Å²) in [5, 5.41) is 10.6. The van der Waals surface area contributed by atoms with Gasteiger partial charge >= 0.3 is 18.0 Å². The Morgan fingerprint density at radius 1 is 1.14 bits per heavy atom. The summed E-state index contributed by atoms with van der Waals surface area (Å²) in [6.45, 7) is 1.95. The maximum absolute atomic E-state index is 11.8. The van der Waals surface area contributed by atoms with Gasteiger partial charge in [0, 0.05) is 19.4 Å². The zero-order valence-corrected chi connectivity index (χ0v) is 12.4. The highest BCUT2D eigenvalue weighted by Gasteiger charge is 2.18. The minimum atomic E-state index is -0.918. The van der Waals surface area contributed by atoms with Crippen molar-refractivity contribution in [1.29, 1.82) is 0 Å². The SMILES string of the molecule is CCCN(CC(=O)OC)C(=O)NC(=O)CCCCC(=O)O. The highest BCUT2D eigenvalue weighted by Crippen LogP contribution is 2.00. The molecular weight excluding hydrogens is 280 g/mol. The van der Waals surface area contributed by atoms with E-state index in [2.05, 4.69) is 10.1 Å². The Morgan fingerprint density at radius 2 is 1.76 bits per heavy atom. The lowest BCUT2D eigenvalue weighted by atomic mass is 10.2. The number of carbonyl (C=O) groups excluding carboxylic acids is 3. The number of aliphatic carboxylic acids is 1. The molecule has 0 heterocycles. The van der Waals surface area contributed by atoms with Gasteiger partial charge < -0.3 is 14.7 Å². The van der Waals surface area contributed by atoms with Crippen LogP contribution in [0.25, 0.3) is 0 Å². The van der Waals surface area contributed by atoms with Crippen LogP contribution in [0.1, 0.15) is 39.0 Å². The first-order chi connectivity index (χ1) is 9.90. The monoisotopic (exact) mass is 302 g/mol. The number of imide groups is 1. The van der Waals surface area contributed by atoms with E-state index in [9.17, 15) is 19.2 Å². The van der Waals surface area contributed by atoms with Crippen LogP contribution in [-0.4, -0.2) is 54.1 Å². The van der Waals surface area contributed by atoms with E-state index in [-0.39, 0.29) is 19.4 Å². The van der Waals surface area contributed by atoms with Gasteiger partial charge in [0.05, 0.1) is 7.11 Å². The number of methoxy groups -OCH3 is 1. The van der Waals surface area contributed by atoms with Crippen molar-refractivity contribution in [1.82, 2.24) is 10.2 Å². The van der Waals surface area contributed by atoms with Crippen molar-refractivity contribution in [2.75, 3.05) is 20.2 Å². The molecule has 0 aromatic carbocycles. The van der Waals surface area contributed by atoms with E-state index in [1.54, 1.807) is 0 Å². The molecule has 3 amide bonds. The smallest absolute Gasteiger partial charge is 0.325 e. The van der Waals surface area contributed by atoms with Gasteiger partial charge in [-0.2, -0.15) is 0 Å². The molecule has 0 aliphatic carbocycles. The van der Waals surface area contributed by atoms with Crippen LogP contribution in [0.15, 0.2) is 0 Å². The lowest BCUT2D eigenvalue weighted by Crippen LogP contribution is -2.45. The maximum Gasteiger partial charge on any atom is 0.325 e. The number of esters is 1. The summed E-state index contributed by atoms with van der Waals surface area (Å²) in [7, 11) is 1.22. The van der Waals surface area contributed by atoms with Gasteiger partial charge in [0.25, 0.3) is 0 Å². The quantitative estimate of drug-likeness (QED) is 0.480. The standard InChI is InChI=1S/C13H22N2O6/c1-3-8-15(9-12(19)21-2)13(20)14-10(16)6-4-5-7-11(17)18/h3-9H2,1-2H3,(H,17,18)(H,14,16,20). The van der Waals surface area contributed by atoms with Crippen LogP contribution in [0.5, 0.6) is 0 Å². The van der Waals surface area contributed by atoms with Gasteiger partial charge in [0.2, 0.25) is 5.91 Å². The predicted molar refractivity (Wildman–Crippen MR) is 73.5 cm³/mol. The van der Waals surface area contributed by atoms with Gasteiger partial charge in [0.1, 0.15) is 6.54 Å². The number of rotatable bonds is 9. The second-order valence-corrected chi connectivity index (χ2v) is 4.45. The minimum Gasteiger partial charge on any atom is -0.481 e. The summed E-state index contributed by atoms with van der Waals surface area (Å²) in [4.78, 5) is 46.0. The van der Waals surface area contributed by atoms with Crippen molar-refractivity contribution in [3.05, 3.63) is 0 Å². The van der Waals surface area contributed by atoms with E-state index < -0.39 is 23.9 Å². The molecule has 21 heavy (non-hydrogen) atoms. The average Bonchev–Trinajstić information content (AvgIpc) is 2.42. The average molecular weight is 302 g/mol. The van der Waals surface area contributed by atoms with Crippen LogP contribution in [0.4, 0.5) is 4.79 Å². The van der Waals surface area contributed by atoms with Gasteiger partial charge in [-0.05, 0) is 19.3 Å². The minimum absolute atomic E-state index is 0.00841. The van der Waals surface area contributed by atoms with E-state index in [1.807, 2.05) is 6.92 Å². The fourth-order valence-corrected chi connectivity index (χ4v) is 1.57. The Balaban J connectivity index is 4.18. The molecule has 8 heteroatoms. The zero-order valence-electron chi connectivity index (χ0n) is 12.4. The van der Waals surface area contributed by atoms with Gasteiger partial charge in [-0.25, -0.2) is 4.79 Å². The molecule has 0 aromatic rings. The summed E-state index contributed by atoms with van der Waals surface area (Å²) >= 11 is 0. The first-order valence-corrected chi connectivity index (χ1v) is 6.78. The Labute approximate surface area is 123 Å². The second-order valence-electron chi connectivity index (χ2n) is 4.45. The molecule has 0 fully saturated rings. The number of carboxylic acids is 1. The molecule has 0 aliphatic rings. The van der Waals surface area contributed by atoms with Gasteiger partial charge in [-0.1, -0.05) is 6.92 Å².